The molecule has 2 N–H and O–H groups in total. The highest BCUT2D eigenvalue weighted by Gasteiger charge is 2.34. The van der Waals surface area contributed by atoms with Gasteiger partial charge in [0.05, 0.1) is 0 Å². The van der Waals surface area contributed by atoms with Gasteiger partial charge in [-0.1, -0.05) is 34.6 Å². The zero-order valence-corrected chi connectivity index (χ0v) is 11.7. The van der Waals surface area contributed by atoms with Gasteiger partial charge in [-0.25, -0.2) is 0 Å². The monoisotopic (exact) mass is 229 g/mol. The Labute approximate surface area is 99.6 Å². The normalized spacial score (nSPS) is 33.4. The fourth-order valence-electron chi connectivity index (χ4n) is 2.45. The largest absolute Gasteiger partial charge is 0.327 e. The van der Waals surface area contributed by atoms with Crippen molar-refractivity contribution in [2.75, 3.05) is 0 Å². The van der Waals surface area contributed by atoms with Gasteiger partial charge in [-0.15, -0.1) is 0 Å². The van der Waals surface area contributed by atoms with Gasteiger partial charge >= 0.3 is 0 Å². The Kier molecular flexibility index (Phi) is 4.54. The maximum atomic E-state index is 6.21. The van der Waals surface area contributed by atoms with Gasteiger partial charge in [-0.05, 0) is 35.8 Å². The van der Waals surface area contributed by atoms with E-state index in [1.807, 2.05) is 0 Å². The number of rotatable bonds is 2. The molecule has 1 saturated carbocycles. The predicted molar refractivity (Wildman–Crippen MR) is 71.3 cm³/mol. The van der Waals surface area contributed by atoms with E-state index in [9.17, 15) is 0 Å². The Morgan fingerprint density at radius 3 is 2.27 bits per heavy atom. The molecule has 0 spiro atoms. The molecule has 1 rings (SSSR count). The van der Waals surface area contributed by atoms with E-state index in [4.69, 9.17) is 5.73 Å². The van der Waals surface area contributed by atoms with Crippen LogP contribution in [-0.4, -0.2) is 16.5 Å². The second-order valence-electron chi connectivity index (χ2n) is 6.26. The molecule has 0 radical (unpaired) electrons. The summed E-state index contributed by atoms with van der Waals surface area (Å²) in [6.45, 7) is 11.7. The Balaban J connectivity index is 2.56. The van der Waals surface area contributed by atoms with Crippen molar-refractivity contribution < 1.29 is 0 Å². The van der Waals surface area contributed by atoms with E-state index in [0.29, 0.717) is 22.0 Å². The lowest BCUT2D eigenvalue weighted by Crippen LogP contribution is -2.42. The zero-order valence-electron chi connectivity index (χ0n) is 10.9. The van der Waals surface area contributed by atoms with Crippen LogP contribution in [0.4, 0.5) is 0 Å². The average Bonchev–Trinajstić information content (AvgIpc) is 2.06. The number of thioether (sulfide) groups is 1. The van der Waals surface area contributed by atoms with Crippen LogP contribution in [-0.2, 0) is 0 Å². The molecule has 15 heavy (non-hydrogen) atoms. The van der Waals surface area contributed by atoms with Gasteiger partial charge in [-0.3, -0.25) is 0 Å². The van der Waals surface area contributed by atoms with Crippen LogP contribution in [0.5, 0.6) is 0 Å². The number of nitrogens with two attached hydrogens (primary N) is 1. The van der Waals surface area contributed by atoms with E-state index in [0.717, 1.165) is 5.92 Å². The Hall–Kier alpha value is 0.310. The third kappa shape index (κ3) is 3.99. The van der Waals surface area contributed by atoms with Gasteiger partial charge in [-0.2, -0.15) is 11.8 Å². The lowest BCUT2D eigenvalue weighted by atomic mass is 9.71. The van der Waals surface area contributed by atoms with E-state index in [2.05, 4.69) is 46.4 Å². The van der Waals surface area contributed by atoms with Crippen LogP contribution >= 0.6 is 11.8 Å². The third-order valence-corrected chi connectivity index (χ3v) is 4.95. The molecule has 0 heterocycles. The first-order valence-electron chi connectivity index (χ1n) is 6.21. The van der Waals surface area contributed by atoms with Crippen LogP contribution in [0.15, 0.2) is 0 Å². The molecule has 0 aliphatic heterocycles. The van der Waals surface area contributed by atoms with E-state index >= 15 is 0 Å². The molecule has 2 heteroatoms. The van der Waals surface area contributed by atoms with Crippen molar-refractivity contribution in [3.05, 3.63) is 0 Å². The van der Waals surface area contributed by atoms with E-state index < -0.39 is 0 Å². The van der Waals surface area contributed by atoms with Gasteiger partial charge in [0.25, 0.3) is 0 Å². The number of hydrogen-bond donors (Lipinski definition) is 1. The summed E-state index contributed by atoms with van der Waals surface area (Å²) in [4.78, 5) is 0. The van der Waals surface area contributed by atoms with Gasteiger partial charge in [0.2, 0.25) is 0 Å². The van der Waals surface area contributed by atoms with Crippen LogP contribution in [0.2, 0.25) is 0 Å². The second-order valence-corrected chi connectivity index (χ2v) is 8.08. The molecule has 0 saturated heterocycles. The van der Waals surface area contributed by atoms with Gasteiger partial charge in [0.15, 0.2) is 0 Å². The van der Waals surface area contributed by atoms with E-state index in [-0.39, 0.29) is 0 Å². The molecular formula is C13H27NS. The van der Waals surface area contributed by atoms with Gasteiger partial charge in [0, 0.05) is 11.3 Å². The highest BCUT2D eigenvalue weighted by molar-refractivity contribution is 8.00. The lowest BCUT2D eigenvalue weighted by molar-refractivity contribution is 0.174. The molecule has 1 aliphatic rings. The third-order valence-electron chi connectivity index (χ3n) is 3.51. The summed E-state index contributed by atoms with van der Waals surface area (Å²) in [5.74, 6) is 0.855. The van der Waals surface area contributed by atoms with Crippen molar-refractivity contribution >= 4 is 11.8 Å². The molecule has 0 aromatic carbocycles. The molecule has 90 valence electrons. The predicted octanol–water partition coefficient (Wildman–Crippen LogP) is 3.67. The van der Waals surface area contributed by atoms with Crippen molar-refractivity contribution in [1.29, 1.82) is 0 Å². The number of hydrogen-bond acceptors (Lipinski definition) is 2. The SMILES string of the molecule is CC(C)SC1CC(C(C)(C)C)CCC1N. The van der Waals surface area contributed by atoms with Crippen LogP contribution < -0.4 is 5.73 Å². The van der Waals surface area contributed by atoms with Crippen molar-refractivity contribution in [2.24, 2.45) is 17.1 Å². The summed E-state index contributed by atoms with van der Waals surface area (Å²) in [7, 11) is 0. The zero-order chi connectivity index (χ0) is 11.6. The first-order chi connectivity index (χ1) is 6.80. The summed E-state index contributed by atoms with van der Waals surface area (Å²) in [5, 5.41) is 1.39. The van der Waals surface area contributed by atoms with Gasteiger partial charge < -0.3 is 5.73 Å². The lowest BCUT2D eigenvalue weighted by Gasteiger charge is -2.40. The fourth-order valence-corrected chi connectivity index (χ4v) is 3.83. The maximum Gasteiger partial charge on any atom is 0.0204 e. The summed E-state index contributed by atoms with van der Waals surface area (Å²) in [6.07, 6.45) is 3.85. The quantitative estimate of drug-likeness (QED) is 0.782. The smallest absolute Gasteiger partial charge is 0.0204 e. The summed E-state index contributed by atoms with van der Waals surface area (Å²) >= 11 is 2.08. The summed E-state index contributed by atoms with van der Waals surface area (Å²) < 4.78 is 0. The topological polar surface area (TPSA) is 26.0 Å². The van der Waals surface area contributed by atoms with E-state index in [1.54, 1.807) is 0 Å². The van der Waals surface area contributed by atoms with Crippen molar-refractivity contribution in [3.8, 4) is 0 Å². The minimum Gasteiger partial charge on any atom is -0.327 e. The molecular weight excluding hydrogens is 202 g/mol. The van der Waals surface area contributed by atoms with Crippen LogP contribution in [0.1, 0.15) is 53.9 Å². The Morgan fingerprint density at radius 2 is 1.80 bits per heavy atom. The van der Waals surface area contributed by atoms with Crippen molar-refractivity contribution in [1.82, 2.24) is 0 Å². The molecule has 3 atom stereocenters. The van der Waals surface area contributed by atoms with Crippen LogP contribution in [0.3, 0.4) is 0 Å². The van der Waals surface area contributed by atoms with Crippen LogP contribution in [0.25, 0.3) is 0 Å². The summed E-state index contributed by atoms with van der Waals surface area (Å²) in [5.41, 5.74) is 6.67. The highest BCUT2D eigenvalue weighted by Crippen LogP contribution is 2.41. The van der Waals surface area contributed by atoms with Crippen LogP contribution in [0, 0.1) is 11.3 Å². The standard InChI is InChI=1S/C13H27NS/c1-9(2)15-12-8-10(13(3,4)5)6-7-11(12)14/h9-12H,6-8,14H2,1-5H3. The second kappa shape index (κ2) is 5.09. The first kappa shape index (κ1) is 13.4. The average molecular weight is 229 g/mol. The fraction of sp³-hybridized carbons (Fsp3) is 1.00. The molecule has 0 bridgehead atoms. The Morgan fingerprint density at radius 1 is 1.20 bits per heavy atom. The summed E-state index contributed by atoms with van der Waals surface area (Å²) in [6, 6.07) is 0.427. The van der Waals surface area contributed by atoms with Gasteiger partial charge in [0.1, 0.15) is 0 Å². The van der Waals surface area contributed by atoms with E-state index in [1.165, 1.54) is 19.3 Å². The molecule has 0 aromatic heterocycles. The van der Waals surface area contributed by atoms with Crippen molar-refractivity contribution in [2.45, 2.75) is 70.4 Å². The first-order valence-corrected chi connectivity index (χ1v) is 7.16. The molecule has 1 nitrogen and oxygen atoms in total. The highest BCUT2D eigenvalue weighted by atomic mass is 32.2. The molecule has 3 unspecified atom stereocenters. The minimum absolute atomic E-state index is 0.427. The molecule has 1 aliphatic carbocycles. The minimum atomic E-state index is 0.427. The maximum absolute atomic E-state index is 6.21. The molecule has 0 amide bonds. The Bertz CT molecular complexity index is 195. The van der Waals surface area contributed by atoms with Crippen molar-refractivity contribution in [3.63, 3.8) is 0 Å². The molecule has 1 fully saturated rings. The molecule has 0 aromatic rings.